The molecule has 2 fully saturated rings. The maximum Gasteiger partial charge on any atom is 0.411 e. The van der Waals surface area contributed by atoms with Crippen LogP contribution >= 0.6 is 0 Å². The van der Waals surface area contributed by atoms with Crippen molar-refractivity contribution in [2.24, 2.45) is 11.7 Å². The predicted octanol–water partition coefficient (Wildman–Crippen LogP) is 1.19. The molecule has 19 heavy (non-hydrogen) atoms. The number of rotatable bonds is 1. The van der Waals surface area contributed by atoms with Crippen LogP contribution in [0.3, 0.4) is 0 Å². The van der Waals surface area contributed by atoms with Gasteiger partial charge in [0, 0.05) is 6.04 Å². The number of nitrogens with zero attached hydrogens (tertiary/aromatic N) is 1. The molecule has 4 atom stereocenters. The van der Waals surface area contributed by atoms with Crippen molar-refractivity contribution < 1.29 is 19.4 Å². The molecule has 1 amide bonds. The van der Waals surface area contributed by atoms with Gasteiger partial charge in [0.05, 0.1) is 6.04 Å². The fraction of sp³-hybridized carbons (Fsp3) is 0.846. The molecule has 108 valence electrons. The van der Waals surface area contributed by atoms with E-state index in [1.165, 1.54) is 4.90 Å². The van der Waals surface area contributed by atoms with E-state index in [2.05, 4.69) is 0 Å². The van der Waals surface area contributed by atoms with Crippen LogP contribution in [0.5, 0.6) is 0 Å². The van der Waals surface area contributed by atoms with Gasteiger partial charge in [0.25, 0.3) is 0 Å². The van der Waals surface area contributed by atoms with Crippen LogP contribution in [-0.2, 0) is 9.53 Å². The molecule has 2 bridgehead atoms. The predicted molar refractivity (Wildman–Crippen MR) is 68.6 cm³/mol. The SMILES string of the molecule is CC(C)(C)OC(=O)N1[C@@H]2C[C@@H](C[C@H]2N)[C@@]1(C)C(=O)O. The number of carbonyl (C=O) groups is 2. The molecule has 1 aliphatic carbocycles. The van der Waals surface area contributed by atoms with Crippen molar-refractivity contribution in [3.63, 3.8) is 0 Å². The molecule has 2 aliphatic rings. The highest BCUT2D eigenvalue weighted by Gasteiger charge is 2.63. The van der Waals surface area contributed by atoms with Gasteiger partial charge < -0.3 is 15.6 Å². The average Bonchev–Trinajstić information content (AvgIpc) is 2.70. The molecule has 1 aliphatic heterocycles. The zero-order chi connectivity index (χ0) is 14.6. The Morgan fingerprint density at radius 2 is 1.95 bits per heavy atom. The fourth-order valence-electron chi connectivity index (χ4n) is 3.26. The van der Waals surface area contributed by atoms with E-state index in [0.29, 0.717) is 12.8 Å². The van der Waals surface area contributed by atoms with Crippen molar-refractivity contribution in [2.75, 3.05) is 0 Å². The third-order valence-electron chi connectivity index (χ3n) is 4.23. The van der Waals surface area contributed by atoms with E-state index in [-0.39, 0.29) is 18.0 Å². The summed E-state index contributed by atoms with van der Waals surface area (Å²) in [6, 6.07) is -0.397. The Bertz CT molecular complexity index is 417. The second kappa shape index (κ2) is 4.10. The van der Waals surface area contributed by atoms with E-state index < -0.39 is 23.2 Å². The Morgan fingerprint density at radius 1 is 1.37 bits per heavy atom. The van der Waals surface area contributed by atoms with Gasteiger partial charge >= 0.3 is 12.1 Å². The van der Waals surface area contributed by atoms with E-state index in [0.717, 1.165) is 0 Å². The van der Waals surface area contributed by atoms with Gasteiger partial charge in [-0.1, -0.05) is 0 Å². The summed E-state index contributed by atoms with van der Waals surface area (Å²) in [7, 11) is 0. The van der Waals surface area contributed by atoms with Gasteiger partial charge in [0.2, 0.25) is 0 Å². The maximum atomic E-state index is 12.3. The summed E-state index contributed by atoms with van der Waals surface area (Å²) >= 11 is 0. The van der Waals surface area contributed by atoms with Crippen LogP contribution in [0.25, 0.3) is 0 Å². The number of ether oxygens (including phenoxy) is 1. The molecule has 0 spiro atoms. The van der Waals surface area contributed by atoms with Gasteiger partial charge in [0.1, 0.15) is 11.1 Å². The van der Waals surface area contributed by atoms with Crippen molar-refractivity contribution in [3.8, 4) is 0 Å². The largest absolute Gasteiger partial charge is 0.479 e. The summed E-state index contributed by atoms with van der Waals surface area (Å²) in [5.74, 6) is -1.09. The lowest BCUT2D eigenvalue weighted by atomic mass is 9.84. The lowest BCUT2D eigenvalue weighted by Crippen LogP contribution is -2.63. The van der Waals surface area contributed by atoms with Crippen molar-refractivity contribution in [2.45, 2.75) is 63.8 Å². The van der Waals surface area contributed by atoms with Crippen LogP contribution in [0.2, 0.25) is 0 Å². The first kappa shape index (κ1) is 14.1. The summed E-state index contributed by atoms with van der Waals surface area (Å²) in [5, 5.41) is 9.51. The number of carbonyl (C=O) groups excluding carboxylic acids is 1. The number of likely N-dealkylation sites (tertiary alicyclic amines) is 1. The van der Waals surface area contributed by atoms with Crippen LogP contribution in [-0.4, -0.2) is 45.3 Å². The van der Waals surface area contributed by atoms with Crippen LogP contribution < -0.4 is 5.73 Å². The number of carboxylic acids is 1. The Labute approximate surface area is 112 Å². The highest BCUT2D eigenvalue weighted by Crippen LogP contribution is 2.49. The van der Waals surface area contributed by atoms with E-state index in [1.54, 1.807) is 27.7 Å². The lowest BCUT2D eigenvalue weighted by Gasteiger charge is -2.43. The van der Waals surface area contributed by atoms with Gasteiger partial charge in [-0.3, -0.25) is 4.90 Å². The third-order valence-corrected chi connectivity index (χ3v) is 4.23. The Kier molecular flexibility index (Phi) is 3.04. The smallest absolute Gasteiger partial charge is 0.411 e. The number of carboxylic acid groups (broad SMARTS) is 1. The number of aliphatic carboxylic acids is 1. The maximum absolute atomic E-state index is 12.3. The highest BCUT2D eigenvalue weighted by molar-refractivity contribution is 5.86. The average molecular weight is 270 g/mol. The minimum absolute atomic E-state index is 0.0995. The molecule has 1 saturated carbocycles. The molecular formula is C13H22N2O4. The molecule has 0 aromatic heterocycles. The molecule has 6 nitrogen and oxygen atoms in total. The van der Waals surface area contributed by atoms with E-state index in [9.17, 15) is 14.7 Å². The van der Waals surface area contributed by atoms with Crippen LogP contribution in [0.15, 0.2) is 0 Å². The minimum atomic E-state index is -1.21. The van der Waals surface area contributed by atoms with Gasteiger partial charge in [-0.25, -0.2) is 9.59 Å². The molecule has 0 radical (unpaired) electrons. The molecular weight excluding hydrogens is 248 g/mol. The molecule has 0 aromatic carbocycles. The molecule has 6 heteroatoms. The summed E-state index contributed by atoms with van der Waals surface area (Å²) in [5.41, 5.74) is 4.13. The number of fused-ring (bicyclic) bond motifs is 2. The van der Waals surface area contributed by atoms with Gasteiger partial charge in [-0.05, 0) is 46.5 Å². The number of nitrogens with two attached hydrogens (primary N) is 1. The van der Waals surface area contributed by atoms with Crippen molar-refractivity contribution in [1.29, 1.82) is 0 Å². The topological polar surface area (TPSA) is 92.9 Å². The van der Waals surface area contributed by atoms with Crippen molar-refractivity contribution in [1.82, 2.24) is 4.90 Å². The van der Waals surface area contributed by atoms with Crippen LogP contribution in [0, 0.1) is 5.92 Å². The fourth-order valence-corrected chi connectivity index (χ4v) is 3.26. The van der Waals surface area contributed by atoms with Gasteiger partial charge in [-0.2, -0.15) is 0 Å². The first-order chi connectivity index (χ1) is 8.57. The second-order valence-corrected chi connectivity index (χ2v) is 6.70. The summed E-state index contributed by atoms with van der Waals surface area (Å²) in [4.78, 5) is 25.3. The molecule has 1 saturated heterocycles. The van der Waals surface area contributed by atoms with Crippen LogP contribution in [0.4, 0.5) is 4.79 Å². The molecule has 0 aromatic rings. The number of piperidine rings is 1. The van der Waals surface area contributed by atoms with E-state index >= 15 is 0 Å². The van der Waals surface area contributed by atoms with Crippen molar-refractivity contribution in [3.05, 3.63) is 0 Å². The second-order valence-electron chi connectivity index (χ2n) is 6.70. The molecule has 2 rings (SSSR count). The Balaban J connectivity index is 2.30. The number of amides is 1. The van der Waals surface area contributed by atoms with E-state index in [4.69, 9.17) is 10.5 Å². The quantitative estimate of drug-likeness (QED) is 0.746. The van der Waals surface area contributed by atoms with Gasteiger partial charge in [0.15, 0.2) is 0 Å². The monoisotopic (exact) mass is 270 g/mol. The first-order valence-electron chi connectivity index (χ1n) is 6.58. The number of hydrogen-bond acceptors (Lipinski definition) is 4. The standard InChI is InChI=1S/C13H22N2O4/c1-12(2,3)19-11(18)15-9-6-7(5-8(9)14)13(15,4)10(16)17/h7-9H,5-6,14H2,1-4H3,(H,16,17)/t7-,8-,9-,13+/m1/s1. The summed E-state index contributed by atoms with van der Waals surface area (Å²) in [6.07, 6.45) is 0.704. The van der Waals surface area contributed by atoms with Gasteiger partial charge in [-0.15, -0.1) is 0 Å². The normalized spacial score (nSPS) is 37.5. The summed E-state index contributed by atoms with van der Waals surface area (Å²) in [6.45, 7) is 6.88. The van der Waals surface area contributed by atoms with Crippen LogP contribution in [0.1, 0.15) is 40.5 Å². The van der Waals surface area contributed by atoms with Crippen molar-refractivity contribution >= 4 is 12.1 Å². The third kappa shape index (κ3) is 2.08. The zero-order valence-corrected chi connectivity index (χ0v) is 11.8. The molecule has 3 N–H and O–H groups in total. The Morgan fingerprint density at radius 3 is 2.42 bits per heavy atom. The lowest BCUT2D eigenvalue weighted by molar-refractivity contribution is -0.153. The molecule has 0 unspecified atom stereocenters. The highest BCUT2D eigenvalue weighted by atomic mass is 16.6. The number of hydrogen-bond donors (Lipinski definition) is 2. The van der Waals surface area contributed by atoms with E-state index in [1.807, 2.05) is 0 Å². The first-order valence-corrected chi connectivity index (χ1v) is 6.58. The summed E-state index contributed by atoms with van der Waals surface area (Å²) < 4.78 is 5.34. The zero-order valence-electron chi connectivity index (χ0n) is 11.8. The minimum Gasteiger partial charge on any atom is -0.479 e. The Hall–Kier alpha value is -1.30. The molecule has 1 heterocycles.